The van der Waals surface area contributed by atoms with Crippen molar-refractivity contribution in [3.63, 3.8) is 0 Å². The fourth-order valence-electron chi connectivity index (χ4n) is 1.23. The summed E-state index contributed by atoms with van der Waals surface area (Å²) in [5.74, 6) is 0. The van der Waals surface area contributed by atoms with Gasteiger partial charge in [-0.15, -0.1) is 0 Å². The molecule has 0 bridgehead atoms. The summed E-state index contributed by atoms with van der Waals surface area (Å²) in [7, 11) is 0. The second-order valence-corrected chi connectivity index (χ2v) is 2.67. The summed E-state index contributed by atoms with van der Waals surface area (Å²) in [5.41, 5.74) is 2.86. The highest BCUT2D eigenvalue weighted by Crippen LogP contribution is 2.10. The summed E-state index contributed by atoms with van der Waals surface area (Å²) in [5, 5.41) is 6.61. The number of aromatic nitrogens is 5. The lowest BCUT2D eigenvalue weighted by Crippen LogP contribution is -1.87. The molecule has 0 aliphatic rings. The Morgan fingerprint density at radius 2 is 2.15 bits per heavy atom. The molecular weight excluding hydrogens is 166 g/mol. The first-order valence-corrected chi connectivity index (χ1v) is 3.85. The number of nitrogens with one attached hydrogen (secondary N) is 1. The molecular formula is C8H5N5. The molecule has 0 fully saturated rings. The molecule has 3 heterocycles. The Labute approximate surface area is 72.9 Å². The molecule has 0 unspecified atom stereocenters. The van der Waals surface area contributed by atoms with Crippen molar-refractivity contribution in [1.82, 2.24) is 25.1 Å². The first-order chi connectivity index (χ1) is 6.43. The third-order valence-electron chi connectivity index (χ3n) is 1.82. The highest BCUT2D eigenvalue weighted by molar-refractivity contribution is 5.80. The summed E-state index contributed by atoms with van der Waals surface area (Å²) in [6, 6.07) is 3.70. The lowest BCUT2D eigenvalue weighted by atomic mass is 10.4. The predicted molar refractivity (Wildman–Crippen MR) is 47.0 cm³/mol. The molecule has 0 aromatic carbocycles. The number of hydrogen-bond donors (Lipinski definition) is 1. The number of fused-ring (bicyclic) bond motifs is 2. The van der Waals surface area contributed by atoms with E-state index in [0.29, 0.717) is 11.3 Å². The van der Waals surface area contributed by atoms with Crippen LogP contribution in [0.1, 0.15) is 0 Å². The average Bonchev–Trinajstić information content (AvgIpc) is 2.61. The molecule has 3 aromatic rings. The molecule has 0 aliphatic heterocycles. The van der Waals surface area contributed by atoms with Crippen LogP contribution in [0.15, 0.2) is 24.5 Å². The van der Waals surface area contributed by atoms with E-state index in [2.05, 4.69) is 25.1 Å². The number of rotatable bonds is 0. The van der Waals surface area contributed by atoms with E-state index < -0.39 is 0 Å². The fourth-order valence-corrected chi connectivity index (χ4v) is 1.23. The van der Waals surface area contributed by atoms with Gasteiger partial charge in [-0.3, -0.25) is 5.10 Å². The predicted octanol–water partition coefficient (Wildman–Crippen LogP) is 0.901. The van der Waals surface area contributed by atoms with Gasteiger partial charge in [0.15, 0.2) is 11.3 Å². The minimum absolute atomic E-state index is 0.649. The molecule has 5 nitrogen and oxygen atoms in total. The van der Waals surface area contributed by atoms with Gasteiger partial charge in [0.25, 0.3) is 0 Å². The van der Waals surface area contributed by atoms with Crippen molar-refractivity contribution >= 4 is 22.3 Å². The standard InChI is InChI=1S/C8H5N5/c1-2-5-7(9-3-1)12-6-4-10-13-8(6)11-5/h1-4H,(H,10,11,13). The van der Waals surface area contributed by atoms with Gasteiger partial charge in [0.2, 0.25) is 0 Å². The number of pyridine rings is 1. The second kappa shape index (κ2) is 2.22. The third kappa shape index (κ3) is 0.868. The van der Waals surface area contributed by atoms with E-state index in [-0.39, 0.29) is 0 Å². The Balaban J connectivity index is 2.57. The summed E-state index contributed by atoms with van der Waals surface area (Å²) < 4.78 is 0. The van der Waals surface area contributed by atoms with Crippen molar-refractivity contribution in [3.8, 4) is 0 Å². The normalized spacial score (nSPS) is 11.1. The van der Waals surface area contributed by atoms with Gasteiger partial charge in [-0.25, -0.2) is 15.0 Å². The van der Waals surface area contributed by atoms with Crippen LogP contribution in [0.4, 0.5) is 0 Å². The van der Waals surface area contributed by atoms with E-state index in [4.69, 9.17) is 0 Å². The second-order valence-electron chi connectivity index (χ2n) is 2.67. The maximum absolute atomic E-state index is 4.29. The van der Waals surface area contributed by atoms with E-state index in [1.807, 2.05) is 12.1 Å². The minimum atomic E-state index is 0.649. The molecule has 0 saturated heterocycles. The highest BCUT2D eigenvalue weighted by atomic mass is 15.2. The fraction of sp³-hybridized carbons (Fsp3) is 0. The van der Waals surface area contributed by atoms with Crippen molar-refractivity contribution in [2.75, 3.05) is 0 Å². The Morgan fingerprint density at radius 1 is 1.15 bits per heavy atom. The first kappa shape index (κ1) is 6.47. The molecule has 0 radical (unpaired) electrons. The Kier molecular flexibility index (Phi) is 1.11. The summed E-state index contributed by atoms with van der Waals surface area (Å²) in [6.45, 7) is 0. The Hall–Kier alpha value is -2.04. The van der Waals surface area contributed by atoms with Crippen LogP contribution in [0, 0.1) is 0 Å². The first-order valence-electron chi connectivity index (χ1n) is 3.85. The molecule has 3 aromatic heterocycles. The summed E-state index contributed by atoms with van der Waals surface area (Å²) >= 11 is 0. The van der Waals surface area contributed by atoms with E-state index in [0.717, 1.165) is 11.0 Å². The molecule has 0 spiro atoms. The maximum atomic E-state index is 4.29. The molecule has 1 N–H and O–H groups in total. The summed E-state index contributed by atoms with van der Waals surface area (Å²) in [4.78, 5) is 12.7. The monoisotopic (exact) mass is 171 g/mol. The van der Waals surface area contributed by atoms with Crippen LogP contribution in [0.2, 0.25) is 0 Å². The van der Waals surface area contributed by atoms with E-state index in [1.54, 1.807) is 12.4 Å². The molecule has 3 rings (SSSR count). The quantitative estimate of drug-likeness (QED) is 0.545. The zero-order valence-corrected chi connectivity index (χ0v) is 6.60. The van der Waals surface area contributed by atoms with Crippen LogP contribution in [-0.4, -0.2) is 25.1 Å². The van der Waals surface area contributed by atoms with Crippen molar-refractivity contribution < 1.29 is 0 Å². The van der Waals surface area contributed by atoms with Gasteiger partial charge in [-0.1, -0.05) is 0 Å². The van der Waals surface area contributed by atoms with Crippen LogP contribution in [0.25, 0.3) is 22.3 Å². The minimum Gasteiger partial charge on any atom is -0.259 e. The number of hydrogen-bond acceptors (Lipinski definition) is 4. The van der Waals surface area contributed by atoms with Crippen LogP contribution in [-0.2, 0) is 0 Å². The molecule has 0 aliphatic carbocycles. The lowest BCUT2D eigenvalue weighted by molar-refractivity contribution is 1.10. The molecule has 13 heavy (non-hydrogen) atoms. The van der Waals surface area contributed by atoms with Gasteiger partial charge in [0.1, 0.15) is 11.0 Å². The Bertz CT molecular complexity index is 521. The van der Waals surface area contributed by atoms with Crippen molar-refractivity contribution in [2.24, 2.45) is 0 Å². The van der Waals surface area contributed by atoms with Gasteiger partial charge in [-0.05, 0) is 12.1 Å². The van der Waals surface area contributed by atoms with E-state index >= 15 is 0 Å². The number of H-pyrrole nitrogens is 1. The van der Waals surface area contributed by atoms with Crippen molar-refractivity contribution in [1.29, 1.82) is 0 Å². The number of aromatic amines is 1. The maximum Gasteiger partial charge on any atom is 0.178 e. The zero-order chi connectivity index (χ0) is 8.67. The summed E-state index contributed by atoms with van der Waals surface area (Å²) in [6.07, 6.45) is 3.33. The van der Waals surface area contributed by atoms with E-state index in [1.165, 1.54) is 0 Å². The molecule has 62 valence electrons. The average molecular weight is 171 g/mol. The molecule has 5 heteroatoms. The largest absolute Gasteiger partial charge is 0.259 e. The highest BCUT2D eigenvalue weighted by Gasteiger charge is 2.01. The van der Waals surface area contributed by atoms with Crippen LogP contribution < -0.4 is 0 Å². The van der Waals surface area contributed by atoms with Crippen molar-refractivity contribution in [3.05, 3.63) is 24.5 Å². The van der Waals surface area contributed by atoms with Gasteiger partial charge < -0.3 is 0 Å². The molecule has 0 amide bonds. The van der Waals surface area contributed by atoms with Gasteiger partial charge in [0, 0.05) is 6.20 Å². The zero-order valence-electron chi connectivity index (χ0n) is 6.60. The van der Waals surface area contributed by atoms with Gasteiger partial charge in [-0.2, -0.15) is 5.10 Å². The van der Waals surface area contributed by atoms with Gasteiger partial charge >= 0.3 is 0 Å². The van der Waals surface area contributed by atoms with Crippen LogP contribution >= 0.6 is 0 Å². The Morgan fingerprint density at radius 3 is 3.15 bits per heavy atom. The lowest BCUT2D eigenvalue weighted by Gasteiger charge is -1.93. The molecule has 0 saturated carbocycles. The smallest absolute Gasteiger partial charge is 0.178 e. The molecule has 0 atom stereocenters. The SMILES string of the molecule is c1cnc2nc3cn[nH]c3nc2c1. The van der Waals surface area contributed by atoms with E-state index in [9.17, 15) is 0 Å². The topological polar surface area (TPSA) is 67.3 Å². The van der Waals surface area contributed by atoms with Crippen molar-refractivity contribution in [2.45, 2.75) is 0 Å². The number of nitrogens with zero attached hydrogens (tertiary/aromatic N) is 4. The van der Waals surface area contributed by atoms with Crippen LogP contribution in [0.5, 0.6) is 0 Å². The van der Waals surface area contributed by atoms with Crippen LogP contribution in [0.3, 0.4) is 0 Å². The third-order valence-corrected chi connectivity index (χ3v) is 1.82. The van der Waals surface area contributed by atoms with Gasteiger partial charge in [0.05, 0.1) is 6.20 Å².